The second-order valence-corrected chi connectivity index (χ2v) is 9.73. The normalized spacial score (nSPS) is 15.4. The second-order valence-electron chi connectivity index (χ2n) is 9.73. The Kier molecular flexibility index (Phi) is 6.08. The van der Waals surface area contributed by atoms with Crippen LogP contribution in [0.3, 0.4) is 0 Å². The number of carbonyl (C=O) groups excluding carboxylic acids is 2. The second kappa shape index (κ2) is 9.71. The molecule has 0 spiro atoms. The monoisotopic (exact) mass is 508 g/mol. The summed E-state index contributed by atoms with van der Waals surface area (Å²) in [5, 5.41) is 10.2. The molecule has 0 atom stereocenters. The molecule has 0 saturated carbocycles. The van der Waals surface area contributed by atoms with Gasteiger partial charge in [-0.1, -0.05) is 42.5 Å². The summed E-state index contributed by atoms with van der Waals surface area (Å²) in [5.74, 6) is 1.00. The number of imidazole rings is 1. The molecule has 2 amide bonds. The Balaban J connectivity index is 1.42. The summed E-state index contributed by atoms with van der Waals surface area (Å²) >= 11 is 0. The first kappa shape index (κ1) is 23.8. The van der Waals surface area contributed by atoms with E-state index in [-0.39, 0.29) is 18.6 Å². The summed E-state index contributed by atoms with van der Waals surface area (Å²) in [6.07, 6.45) is 0.166. The van der Waals surface area contributed by atoms with Gasteiger partial charge in [0.2, 0.25) is 5.91 Å². The summed E-state index contributed by atoms with van der Waals surface area (Å²) in [4.78, 5) is 35.8. The van der Waals surface area contributed by atoms with Gasteiger partial charge in [0.15, 0.2) is 5.65 Å². The van der Waals surface area contributed by atoms with E-state index in [1.807, 2.05) is 59.5 Å². The fourth-order valence-corrected chi connectivity index (χ4v) is 5.57. The van der Waals surface area contributed by atoms with E-state index in [4.69, 9.17) is 9.72 Å². The number of nitriles is 1. The molecule has 6 rings (SSSR count). The van der Waals surface area contributed by atoms with Crippen LogP contribution in [0.1, 0.15) is 29.2 Å². The summed E-state index contributed by atoms with van der Waals surface area (Å²) in [5.41, 5.74) is 5.73. The Morgan fingerprint density at radius 1 is 0.947 bits per heavy atom. The lowest BCUT2D eigenvalue weighted by Gasteiger charge is -2.39. The average Bonchev–Trinajstić information content (AvgIpc) is 3.34. The number of amides is 2. The molecule has 4 aromatic rings. The van der Waals surface area contributed by atoms with Gasteiger partial charge in [-0.2, -0.15) is 5.26 Å². The topological polar surface area (TPSA) is 94.2 Å². The minimum absolute atomic E-state index is 0.0667. The van der Waals surface area contributed by atoms with Gasteiger partial charge in [0, 0.05) is 45.2 Å². The molecule has 0 radical (unpaired) electrons. The van der Waals surface area contributed by atoms with E-state index in [1.165, 1.54) is 0 Å². The van der Waals surface area contributed by atoms with Crippen LogP contribution in [-0.2, 0) is 29.1 Å². The first-order chi connectivity index (χ1) is 18.5. The van der Waals surface area contributed by atoms with Crippen LogP contribution in [0.5, 0.6) is 0 Å². The molecule has 38 heavy (non-hydrogen) atoms. The van der Waals surface area contributed by atoms with Gasteiger partial charge in [-0.05, 0) is 29.7 Å². The quantitative estimate of drug-likeness (QED) is 0.419. The van der Waals surface area contributed by atoms with Gasteiger partial charge in [-0.3, -0.25) is 9.20 Å². The number of piperazine rings is 1. The zero-order chi connectivity index (χ0) is 26.2. The lowest BCUT2D eigenvalue weighted by Crippen LogP contribution is -2.49. The number of carbonyl (C=O) groups is 2. The molecule has 1 fully saturated rings. The van der Waals surface area contributed by atoms with Crippen molar-refractivity contribution in [2.45, 2.75) is 26.5 Å². The van der Waals surface area contributed by atoms with Crippen molar-refractivity contribution in [1.82, 2.24) is 19.2 Å². The number of rotatable bonds is 3. The SMILES string of the molecule is CC(=O)N1CCN(c2c3c(c(C#N)c4nc5ccccc5n24)CCN(C(=O)OCc2ccccc2)C3)CC1. The van der Waals surface area contributed by atoms with Gasteiger partial charge >= 0.3 is 6.09 Å². The van der Waals surface area contributed by atoms with E-state index >= 15 is 0 Å². The van der Waals surface area contributed by atoms with E-state index in [0.29, 0.717) is 56.9 Å². The van der Waals surface area contributed by atoms with Gasteiger partial charge in [-0.15, -0.1) is 0 Å². The Bertz CT molecular complexity index is 1580. The Morgan fingerprint density at radius 2 is 1.68 bits per heavy atom. The summed E-state index contributed by atoms with van der Waals surface area (Å²) in [6, 6.07) is 19.9. The highest BCUT2D eigenvalue weighted by atomic mass is 16.6. The number of hydrogen-bond donors (Lipinski definition) is 0. The molecule has 2 aromatic heterocycles. The number of pyridine rings is 1. The van der Waals surface area contributed by atoms with Crippen LogP contribution in [-0.4, -0.2) is 63.9 Å². The minimum atomic E-state index is -0.374. The Labute approximate surface area is 220 Å². The van der Waals surface area contributed by atoms with E-state index in [9.17, 15) is 14.9 Å². The molecule has 0 unspecified atom stereocenters. The minimum Gasteiger partial charge on any atom is -0.445 e. The van der Waals surface area contributed by atoms with Crippen molar-refractivity contribution in [2.75, 3.05) is 37.6 Å². The number of nitrogens with zero attached hydrogens (tertiary/aromatic N) is 6. The average molecular weight is 509 g/mol. The van der Waals surface area contributed by atoms with Crippen LogP contribution < -0.4 is 4.90 Å². The van der Waals surface area contributed by atoms with Crippen molar-refractivity contribution in [3.8, 4) is 6.07 Å². The van der Waals surface area contributed by atoms with Crippen molar-refractivity contribution in [3.05, 3.63) is 76.9 Å². The first-order valence-corrected chi connectivity index (χ1v) is 12.9. The number of anilines is 1. The molecule has 2 aliphatic heterocycles. The summed E-state index contributed by atoms with van der Waals surface area (Å²) in [7, 11) is 0. The lowest BCUT2D eigenvalue weighted by molar-refractivity contribution is -0.129. The number of benzene rings is 2. The predicted molar refractivity (Wildman–Crippen MR) is 143 cm³/mol. The molecular formula is C29H28N6O3. The molecule has 1 saturated heterocycles. The van der Waals surface area contributed by atoms with Gasteiger partial charge < -0.3 is 19.4 Å². The molecule has 2 aromatic carbocycles. The van der Waals surface area contributed by atoms with Crippen molar-refractivity contribution in [1.29, 1.82) is 5.26 Å². The van der Waals surface area contributed by atoms with Gasteiger partial charge in [0.05, 0.1) is 23.1 Å². The maximum Gasteiger partial charge on any atom is 0.410 e. The highest BCUT2D eigenvalue weighted by Gasteiger charge is 2.33. The highest BCUT2D eigenvalue weighted by molar-refractivity contribution is 5.87. The van der Waals surface area contributed by atoms with Crippen LogP contribution in [0, 0.1) is 11.3 Å². The van der Waals surface area contributed by atoms with Gasteiger partial charge in [0.25, 0.3) is 0 Å². The Morgan fingerprint density at radius 3 is 2.42 bits per heavy atom. The number of para-hydroxylation sites is 2. The maximum absolute atomic E-state index is 13.1. The van der Waals surface area contributed by atoms with Crippen molar-refractivity contribution in [2.24, 2.45) is 0 Å². The fourth-order valence-electron chi connectivity index (χ4n) is 5.57. The zero-order valence-corrected chi connectivity index (χ0v) is 21.3. The number of ether oxygens (including phenoxy) is 1. The Hall–Kier alpha value is -4.58. The van der Waals surface area contributed by atoms with E-state index in [1.54, 1.807) is 11.8 Å². The number of hydrogen-bond acceptors (Lipinski definition) is 6. The van der Waals surface area contributed by atoms with E-state index in [0.717, 1.165) is 33.5 Å². The lowest BCUT2D eigenvalue weighted by atomic mass is 9.95. The van der Waals surface area contributed by atoms with Crippen LogP contribution in [0.2, 0.25) is 0 Å². The predicted octanol–water partition coefficient (Wildman–Crippen LogP) is 3.72. The van der Waals surface area contributed by atoms with Crippen LogP contribution in [0.4, 0.5) is 10.6 Å². The zero-order valence-electron chi connectivity index (χ0n) is 21.3. The molecule has 0 aliphatic carbocycles. The van der Waals surface area contributed by atoms with Gasteiger partial charge in [-0.25, -0.2) is 9.78 Å². The molecule has 0 N–H and O–H groups in total. The van der Waals surface area contributed by atoms with Crippen LogP contribution in [0.15, 0.2) is 54.6 Å². The van der Waals surface area contributed by atoms with Crippen molar-refractivity contribution >= 4 is 34.5 Å². The molecule has 0 bridgehead atoms. The molecule has 4 heterocycles. The number of aromatic nitrogens is 2. The third kappa shape index (κ3) is 4.08. The van der Waals surface area contributed by atoms with E-state index < -0.39 is 0 Å². The fraction of sp³-hybridized carbons (Fsp3) is 0.310. The molecule has 2 aliphatic rings. The first-order valence-electron chi connectivity index (χ1n) is 12.9. The highest BCUT2D eigenvalue weighted by Crippen LogP contribution is 2.37. The summed E-state index contributed by atoms with van der Waals surface area (Å²) < 4.78 is 7.72. The molecule has 9 heteroatoms. The maximum atomic E-state index is 13.1. The van der Waals surface area contributed by atoms with Crippen molar-refractivity contribution < 1.29 is 14.3 Å². The van der Waals surface area contributed by atoms with Crippen LogP contribution in [0.25, 0.3) is 16.7 Å². The van der Waals surface area contributed by atoms with Crippen molar-refractivity contribution in [3.63, 3.8) is 0 Å². The standard InChI is InChI=1S/C29H28N6O3/c1-20(36)32-13-15-33(16-14-32)28-24-18-34(29(37)38-19-21-7-3-2-4-8-21)12-11-22(24)23(17-30)27-31-25-9-5-6-10-26(25)35(27)28/h2-10H,11-16,18-19H2,1H3. The largest absolute Gasteiger partial charge is 0.445 e. The molecule has 192 valence electrons. The summed E-state index contributed by atoms with van der Waals surface area (Å²) in [6.45, 7) is 5.13. The van der Waals surface area contributed by atoms with Gasteiger partial charge in [0.1, 0.15) is 18.5 Å². The molecular weight excluding hydrogens is 480 g/mol. The van der Waals surface area contributed by atoms with E-state index in [2.05, 4.69) is 15.4 Å². The van der Waals surface area contributed by atoms with Crippen LogP contribution >= 0.6 is 0 Å². The molecule has 9 nitrogen and oxygen atoms in total. The number of fused-ring (bicyclic) bond motifs is 4. The third-order valence-corrected chi connectivity index (χ3v) is 7.51. The third-order valence-electron chi connectivity index (χ3n) is 7.51. The smallest absolute Gasteiger partial charge is 0.410 e.